The summed E-state index contributed by atoms with van der Waals surface area (Å²) >= 11 is 3.09. The molecule has 0 saturated heterocycles. The quantitative estimate of drug-likeness (QED) is 0.435. The van der Waals surface area contributed by atoms with Gasteiger partial charge in [0.15, 0.2) is 5.16 Å². The smallest absolute Gasteiger partial charge is 0.335 e. The van der Waals surface area contributed by atoms with Gasteiger partial charge < -0.3 is 15.0 Å². The summed E-state index contributed by atoms with van der Waals surface area (Å²) in [6, 6.07) is 14.7. The number of carboxylic acid groups (broad SMARTS) is 1. The molecule has 0 aliphatic carbocycles. The van der Waals surface area contributed by atoms with Crippen LogP contribution in [0.2, 0.25) is 0 Å². The second-order valence-corrected chi connectivity index (χ2v) is 8.77. The van der Waals surface area contributed by atoms with Crippen LogP contribution in [0.15, 0.2) is 53.7 Å². The zero-order chi connectivity index (χ0) is 22.2. The summed E-state index contributed by atoms with van der Waals surface area (Å²) in [5.74, 6) is 1.42. The van der Waals surface area contributed by atoms with Crippen molar-refractivity contribution in [2.45, 2.75) is 37.1 Å². The highest BCUT2D eigenvalue weighted by Gasteiger charge is 2.14. The molecule has 0 fully saturated rings. The van der Waals surface area contributed by atoms with Crippen LogP contribution < -0.4 is 5.32 Å². The number of anilines is 1. The molecule has 0 spiro atoms. The largest absolute Gasteiger partial charge is 0.478 e. The number of benzene rings is 2. The van der Waals surface area contributed by atoms with Gasteiger partial charge in [-0.1, -0.05) is 47.7 Å². The molecule has 0 atom stereocenters. The maximum absolute atomic E-state index is 12.3. The van der Waals surface area contributed by atoms with Gasteiger partial charge in [-0.2, -0.15) is 0 Å². The van der Waals surface area contributed by atoms with Crippen molar-refractivity contribution >= 4 is 41.1 Å². The van der Waals surface area contributed by atoms with E-state index in [2.05, 4.69) is 46.7 Å². The minimum atomic E-state index is -1.03. The molecule has 0 radical (unpaired) electrons. The van der Waals surface area contributed by atoms with Crippen LogP contribution in [-0.2, 0) is 22.8 Å². The van der Waals surface area contributed by atoms with Crippen LogP contribution in [0.5, 0.6) is 0 Å². The average Bonchev–Trinajstić information content (AvgIpc) is 3.15. The first kappa shape index (κ1) is 22.9. The second-order valence-electron chi connectivity index (χ2n) is 6.84. The van der Waals surface area contributed by atoms with E-state index in [0.717, 1.165) is 23.9 Å². The van der Waals surface area contributed by atoms with E-state index in [9.17, 15) is 9.59 Å². The van der Waals surface area contributed by atoms with Crippen molar-refractivity contribution in [3.63, 3.8) is 0 Å². The van der Waals surface area contributed by atoms with Gasteiger partial charge in [0.05, 0.1) is 17.1 Å². The number of aromatic carboxylic acids is 1. The molecule has 31 heavy (non-hydrogen) atoms. The molecular weight excluding hydrogens is 432 g/mol. The molecule has 0 bridgehead atoms. The van der Waals surface area contributed by atoms with Gasteiger partial charge in [-0.15, -0.1) is 22.0 Å². The number of aryl methyl sites for hydroxylation is 1. The van der Waals surface area contributed by atoms with Crippen molar-refractivity contribution < 1.29 is 14.7 Å². The molecule has 3 aromatic rings. The average molecular weight is 457 g/mol. The normalized spacial score (nSPS) is 10.8. The van der Waals surface area contributed by atoms with Crippen molar-refractivity contribution in [2.75, 3.05) is 11.1 Å². The standard InChI is InChI=1S/C22H24N4O3S2/c1-3-26-19(13-30-12-16-9-7-15(2)8-10-16)24-25-22(26)31-14-20(27)23-18-6-4-5-17(11-18)21(28)29/h4-11H,3,12-14H2,1-2H3,(H,23,27)(H,28,29). The SMILES string of the molecule is CCn1c(CSCc2ccc(C)cc2)nnc1SCC(=O)Nc1cccc(C(=O)O)c1. The van der Waals surface area contributed by atoms with Crippen LogP contribution in [0, 0.1) is 6.92 Å². The van der Waals surface area contributed by atoms with Gasteiger partial charge >= 0.3 is 5.97 Å². The highest BCUT2D eigenvalue weighted by Crippen LogP contribution is 2.22. The molecule has 1 amide bonds. The van der Waals surface area contributed by atoms with Crippen molar-refractivity contribution in [1.82, 2.24) is 14.8 Å². The lowest BCUT2D eigenvalue weighted by Crippen LogP contribution is -2.15. The Kier molecular flexibility index (Phi) is 8.13. The Morgan fingerprint density at radius 2 is 1.87 bits per heavy atom. The number of thioether (sulfide) groups is 2. The number of hydrogen-bond acceptors (Lipinski definition) is 6. The summed E-state index contributed by atoms with van der Waals surface area (Å²) in [4.78, 5) is 23.3. The summed E-state index contributed by atoms with van der Waals surface area (Å²) in [6.45, 7) is 4.82. The predicted octanol–water partition coefficient (Wildman–Crippen LogP) is 4.47. The van der Waals surface area contributed by atoms with Crippen molar-refractivity contribution in [3.05, 3.63) is 71.0 Å². The number of carbonyl (C=O) groups is 2. The zero-order valence-corrected chi connectivity index (χ0v) is 19.0. The Morgan fingerprint density at radius 1 is 1.10 bits per heavy atom. The lowest BCUT2D eigenvalue weighted by Gasteiger charge is -2.08. The number of carbonyl (C=O) groups excluding carboxylic acids is 1. The first-order valence-electron chi connectivity index (χ1n) is 9.77. The summed E-state index contributed by atoms with van der Waals surface area (Å²) in [6.07, 6.45) is 0. The summed E-state index contributed by atoms with van der Waals surface area (Å²) < 4.78 is 2.02. The molecule has 1 heterocycles. The Balaban J connectivity index is 1.52. The van der Waals surface area contributed by atoms with Crippen LogP contribution in [-0.4, -0.2) is 37.5 Å². The summed E-state index contributed by atoms with van der Waals surface area (Å²) in [5.41, 5.74) is 3.11. The minimum absolute atomic E-state index is 0.129. The maximum Gasteiger partial charge on any atom is 0.335 e. The Morgan fingerprint density at radius 3 is 2.58 bits per heavy atom. The third-order valence-corrected chi connectivity index (χ3v) is 6.42. The maximum atomic E-state index is 12.3. The topological polar surface area (TPSA) is 97.1 Å². The molecule has 162 valence electrons. The van der Waals surface area contributed by atoms with Gasteiger partial charge in [0.1, 0.15) is 5.82 Å². The Hall–Kier alpha value is -2.78. The fourth-order valence-corrected chi connectivity index (χ4v) is 4.60. The monoisotopic (exact) mass is 456 g/mol. The number of hydrogen-bond donors (Lipinski definition) is 2. The van der Waals surface area contributed by atoms with Gasteiger partial charge in [-0.05, 0) is 37.6 Å². The first-order chi connectivity index (χ1) is 15.0. The van der Waals surface area contributed by atoms with Crippen LogP contribution in [0.3, 0.4) is 0 Å². The van der Waals surface area contributed by atoms with E-state index in [-0.39, 0.29) is 17.2 Å². The van der Waals surface area contributed by atoms with Crippen molar-refractivity contribution in [3.8, 4) is 0 Å². The molecular formula is C22H24N4O3S2. The molecule has 9 heteroatoms. The highest BCUT2D eigenvalue weighted by molar-refractivity contribution is 7.99. The molecule has 0 aliphatic rings. The lowest BCUT2D eigenvalue weighted by atomic mass is 10.2. The minimum Gasteiger partial charge on any atom is -0.478 e. The van der Waals surface area contributed by atoms with Crippen LogP contribution in [0.4, 0.5) is 5.69 Å². The van der Waals surface area contributed by atoms with Gasteiger partial charge in [0.25, 0.3) is 0 Å². The molecule has 2 N–H and O–H groups in total. The number of rotatable bonds is 10. The van der Waals surface area contributed by atoms with E-state index in [1.807, 2.05) is 11.5 Å². The fourth-order valence-electron chi connectivity index (χ4n) is 2.85. The van der Waals surface area contributed by atoms with Crippen LogP contribution >= 0.6 is 23.5 Å². The van der Waals surface area contributed by atoms with Crippen LogP contribution in [0.1, 0.15) is 34.2 Å². The fraction of sp³-hybridized carbons (Fsp3) is 0.273. The zero-order valence-electron chi connectivity index (χ0n) is 17.4. The highest BCUT2D eigenvalue weighted by atomic mass is 32.2. The number of amides is 1. The van der Waals surface area contributed by atoms with Crippen LogP contribution in [0.25, 0.3) is 0 Å². The third-order valence-electron chi connectivity index (χ3n) is 4.46. The predicted molar refractivity (Wildman–Crippen MR) is 125 cm³/mol. The van der Waals surface area contributed by atoms with E-state index in [4.69, 9.17) is 5.11 Å². The molecule has 2 aromatic carbocycles. The summed E-state index contributed by atoms with van der Waals surface area (Å²) in [5, 5.41) is 21.0. The molecule has 7 nitrogen and oxygen atoms in total. The Labute approximate surface area is 189 Å². The van der Waals surface area contributed by atoms with Gasteiger partial charge in [0, 0.05) is 18.0 Å². The molecule has 0 aliphatic heterocycles. The van der Waals surface area contributed by atoms with E-state index in [1.165, 1.54) is 35.0 Å². The number of carboxylic acids is 1. The number of nitrogens with one attached hydrogen (secondary N) is 1. The van der Waals surface area contributed by atoms with E-state index >= 15 is 0 Å². The van der Waals surface area contributed by atoms with Gasteiger partial charge in [-0.25, -0.2) is 4.79 Å². The van der Waals surface area contributed by atoms with Crippen molar-refractivity contribution in [1.29, 1.82) is 0 Å². The second kappa shape index (κ2) is 11.0. The van der Waals surface area contributed by atoms with E-state index in [1.54, 1.807) is 23.9 Å². The Bertz CT molecular complexity index is 1050. The van der Waals surface area contributed by atoms with Gasteiger partial charge in [-0.3, -0.25) is 4.79 Å². The first-order valence-corrected chi connectivity index (χ1v) is 11.9. The third kappa shape index (κ3) is 6.60. The number of nitrogens with zero attached hydrogens (tertiary/aromatic N) is 3. The van der Waals surface area contributed by atoms with Gasteiger partial charge in [0.2, 0.25) is 5.91 Å². The van der Waals surface area contributed by atoms with E-state index in [0.29, 0.717) is 10.8 Å². The van der Waals surface area contributed by atoms with E-state index < -0.39 is 5.97 Å². The molecule has 1 aromatic heterocycles. The molecule has 3 rings (SSSR count). The van der Waals surface area contributed by atoms with Crippen molar-refractivity contribution in [2.24, 2.45) is 0 Å². The molecule has 0 saturated carbocycles. The lowest BCUT2D eigenvalue weighted by molar-refractivity contribution is -0.113. The number of aromatic nitrogens is 3. The molecule has 0 unspecified atom stereocenters. The summed E-state index contributed by atoms with van der Waals surface area (Å²) in [7, 11) is 0.